The molecule has 0 saturated carbocycles. The molecule has 7 heteroatoms. The number of hydrogen-bond acceptors (Lipinski definition) is 2. The maximum absolute atomic E-state index is 13.6. The van der Waals surface area contributed by atoms with E-state index in [1.807, 2.05) is 0 Å². The molecule has 0 spiro atoms. The number of halogens is 4. The molecule has 1 unspecified atom stereocenters. The third-order valence-electron chi connectivity index (χ3n) is 3.15. The third-order valence-corrected chi connectivity index (χ3v) is 3.15. The number of carbonyl (C=O) groups is 1. The fraction of sp³-hybridized carbons (Fsp3) is 0.462. The molecule has 1 fully saturated rings. The summed E-state index contributed by atoms with van der Waals surface area (Å²) in [6.45, 7) is 2.50. The summed E-state index contributed by atoms with van der Waals surface area (Å²) in [4.78, 5) is 13.5. The predicted octanol–water partition coefficient (Wildman–Crippen LogP) is 2.71. The molecule has 1 heterocycles. The van der Waals surface area contributed by atoms with Crippen LogP contribution < -0.4 is 0 Å². The fourth-order valence-electron chi connectivity index (χ4n) is 2.05. The number of ether oxygens (including phenoxy) is 1. The summed E-state index contributed by atoms with van der Waals surface area (Å²) >= 11 is 0. The van der Waals surface area contributed by atoms with E-state index in [-0.39, 0.29) is 25.8 Å². The van der Waals surface area contributed by atoms with E-state index < -0.39 is 29.0 Å². The van der Waals surface area contributed by atoms with E-state index in [2.05, 4.69) is 0 Å². The predicted molar refractivity (Wildman–Crippen MR) is 62.7 cm³/mol. The first-order valence-corrected chi connectivity index (χ1v) is 6.06. The van der Waals surface area contributed by atoms with Crippen LogP contribution in [0.4, 0.5) is 17.6 Å². The minimum Gasteiger partial charge on any atom is -0.377 e. The van der Waals surface area contributed by atoms with E-state index in [0.29, 0.717) is 18.2 Å². The van der Waals surface area contributed by atoms with Gasteiger partial charge in [0, 0.05) is 6.54 Å². The Labute approximate surface area is 113 Å². The van der Waals surface area contributed by atoms with E-state index >= 15 is 0 Å². The summed E-state index contributed by atoms with van der Waals surface area (Å²) in [5, 5.41) is 0. The van der Waals surface area contributed by atoms with Crippen LogP contribution in [-0.2, 0) is 10.9 Å². The Morgan fingerprint density at radius 2 is 2.10 bits per heavy atom. The van der Waals surface area contributed by atoms with Crippen molar-refractivity contribution >= 4 is 5.91 Å². The first-order valence-electron chi connectivity index (χ1n) is 6.06. The second-order valence-electron chi connectivity index (χ2n) is 4.61. The van der Waals surface area contributed by atoms with Gasteiger partial charge in [-0.3, -0.25) is 4.79 Å². The Balaban J connectivity index is 2.33. The van der Waals surface area contributed by atoms with Gasteiger partial charge in [0.05, 0.1) is 30.4 Å². The van der Waals surface area contributed by atoms with Gasteiger partial charge >= 0.3 is 6.18 Å². The lowest BCUT2D eigenvalue weighted by Gasteiger charge is -2.33. The molecule has 0 radical (unpaired) electrons. The molecule has 3 nitrogen and oxygen atoms in total. The Bertz CT molecular complexity index is 516. The van der Waals surface area contributed by atoms with E-state index in [0.717, 1.165) is 0 Å². The maximum Gasteiger partial charge on any atom is 0.416 e. The smallest absolute Gasteiger partial charge is 0.377 e. The lowest BCUT2D eigenvalue weighted by molar-refractivity contribution is -0.137. The summed E-state index contributed by atoms with van der Waals surface area (Å²) in [6.07, 6.45) is -4.61. The van der Waals surface area contributed by atoms with Crippen molar-refractivity contribution in [2.75, 3.05) is 19.8 Å². The molecule has 1 atom stereocenters. The van der Waals surface area contributed by atoms with Crippen LogP contribution in [-0.4, -0.2) is 36.6 Å². The zero-order chi connectivity index (χ0) is 14.9. The number of nitrogens with zero attached hydrogens (tertiary/aromatic N) is 1. The number of rotatable bonds is 1. The molecule has 2 rings (SSSR count). The highest BCUT2D eigenvalue weighted by Gasteiger charge is 2.33. The molecule has 1 aromatic rings. The van der Waals surface area contributed by atoms with Gasteiger partial charge in [-0.2, -0.15) is 13.2 Å². The van der Waals surface area contributed by atoms with Crippen molar-refractivity contribution in [1.29, 1.82) is 0 Å². The molecule has 0 aliphatic carbocycles. The molecule has 1 amide bonds. The van der Waals surface area contributed by atoms with Crippen LogP contribution in [0.2, 0.25) is 0 Å². The van der Waals surface area contributed by atoms with Gasteiger partial charge in [0.15, 0.2) is 0 Å². The minimum atomic E-state index is -4.61. The van der Waals surface area contributed by atoms with Crippen molar-refractivity contribution in [3.05, 3.63) is 35.1 Å². The summed E-state index contributed by atoms with van der Waals surface area (Å²) < 4.78 is 56.6. The average molecular weight is 291 g/mol. The van der Waals surface area contributed by atoms with Crippen LogP contribution in [0.15, 0.2) is 18.2 Å². The SMILES string of the molecule is CC1COCCN1C(=O)c1cc(C(F)(F)F)ccc1F. The average Bonchev–Trinajstić information content (AvgIpc) is 2.37. The highest BCUT2D eigenvalue weighted by atomic mass is 19.4. The summed E-state index contributed by atoms with van der Waals surface area (Å²) in [5.41, 5.74) is -1.60. The standard InChI is InChI=1S/C13H13F4NO2/c1-8-7-20-5-4-18(8)12(19)10-6-9(13(15,16)17)2-3-11(10)14/h2-3,6,8H,4-5,7H2,1H3. The number of alkyl halides is 3. The Morgan fingerprint density at radius 1 is 1.40 bits per heavy atom. The number of benzene rings is 1. The Hall–Kier alpha value is -1.63. The molecule has 1 saturated heterocycles. The Morgan fingerprint density at radius 3 is 2.70 bits per heavy atom. The van der Waals surface area contributed by atoms with Gasteiger partial charge in [-0.1, -0.05) is 0 Å². The number of hydrogen-bond donors (Lipinski definition) is 0. The zero-order valence-corrected chi connectivity index (χ0v) is 10.7. The molecule has 1 aliphatic rings. The zero-order valence-electron chi connectivity index (χ0n) is 10.7. The quantitative estimate of drug-likeness (QED) is 0.745. The second kappa shape index (κ2) is 5.40. The van der Waals surface area contributed by atoms with Crippen molar-refractivity contribution in [2.24, 2.45) is 0 Å². The van der Waals surface area contributed by atoms with Crippen LogP contribution in [0.1, 0.15) is 22.8 Å². The first-order chi connectivity index (χ1) is 9.30. The minimum absolute atomic E-state index is 0.232. The Kier molecular flexibility index (Phi) is 3.99. The molecule has 0 bridgehead atoms. The topological polar surface area (TPSA) is 29.5 Å². The molecule has 20 heavy (non-hydrogen) atoms. The van der Waals surface area contributed by atoms with Crippen molar-refractivity contribution in [1.82, 2.24) is 4.90 Å². The van der Waals surface area contributed by atoms with Crippen molar-refractivity contribution in [2.45, 2.75) is 19.1 Å². The van der Waals surface area contributed by atoms with Gasteiger partial charge < -0.3 is 9.64 Å². The third kappa shape index (κ3) is 2.92. The summed E-state index contributed by atoms with van der Waals surface area (Å²) in [6, 6.07) is 1.54. The lowest BCUT2D eigenvalue weighted by atomic mass is 10.1. The van der Waals surface area contributed by atoms with Gasteiger partial charge in [-0.25, -0.2) is 4.39 Å². The van der Waals surface area contributed by atoms with E-state index in [1.54, 1.807) is 6.92 Å². The largest absolute Gasteiger partial charge is 0.416 e. The van der Waals surface area contributed by atoms with Gasteiger partial charge in [-0.05, 0) is 25.1 Å². The molecule has 110 valence electrons. The van der Waals surface area contributed by atoms with Crippen LogP contribution in [0.5, 0.6) is 0 Å². The van der Waals surface area contributed by atoms with Gasteiger partial charge in [0.2, 0.25) is 0 Å². The highest BCUT2D eigenvalue weighted by Crippen LogP contribution is 2.30. The molecular formula is C13H13F4NO2. The number of carbonyl (C=O) groups excluding carboxylic acids is 1. The maximum atomic E-state index is 13.6. The van der Waals surface area contributed by atoms with E-state index in [1.165, 1.54) is 4.90 Å². The second-order valence-corrected chi connectivity index (χ2v) is 4.61. The molecule has 0 aromatic heterocycles. The normalized spacial score (nSPS) is 20.1. The van der Waals surface area contributed by atoms with E-state index in [9.17, 15) is 22.4 Å². The van der Waals surface area contributed by atoms with Crippen molar-refractivity contribution in [3.8, 4) is 0 Å². The van der Waals surface area contributed by atoms with Crippen molar-refractivity contribution in [3.63, 3.8) is 0 Å². The first kappa shape index (κ1) is 14.8. The van der Waals surface area contributed by atoms with Crippen LogP contribution in [0.25, 0.3) is 0 Å². The number of morpholine rings is 1. The van der Waals surface area contributed by atoms with Crippen LogP contribution in [0, 0.1) is 5.82 Å². The molecule has 1 aliphatic heterocycles. The van der Waals surface area contributed by atoms with Gasteiger partial charge in [-0.15, -0.1) is 0 Å². The van der Waals surface area contributed by atoms with Crippen molar-refractivity contribution < 1.29 is 27.1 Å². The lowest BCUT2D eigenvalue weighted by Crippen LogP contribution is -2.47. The van der Waals surface area contributed by atoms with Crippen LogP contribution in [0.3, 0.4) is 0 Å². The fourth-order valence-corrected chi connectivity index (χ4v) is 2.05. The summed E-state index contributed by atoms with van der Waals surface area (Å²) in [5.74, 6) is -1.70. The highest BCUT2D eigenvalue weighted by molar-refractivity contribution is 5.95. The van der Waals surface area contributed by atoms with E-state index in [4.69, 9.17) is 4.74 Å². The van der Waals surface area contributed by atoms with Gasteiger partial charge in [0.1, 0.15) is 5.82 Å². The van der Waals surface area contributed by atoms with Gasteiger partial charge in [0.25, 0.3) is 5.91 Å². The monoisotopic (exact) mass is 291 g/mol. The van der Waals surface area contributed by atoms with Crippen LogP contribution >= 0.6 is 0 Å². The molecule has 0 N–H and O–H groups in total. The molecular weight excluding hydrogens is 278 g/mol. The number of amides is 1. The summed E-state index contributed by atoms with van der Waals surface area (Å²) in [7, 11) is 0. The molecule has 1 aromatic carbocycles.